The average Bonchev–Trinajstić information content (AvgIpc) is 3.09. The van der Waals surface area contributed by atoms with Crippen LogP contribution in [-0.2, 0) is 16.1 Å². The zero-order chi connectivity index (χ0) is 21.6. The third-order valence-electron chi connectivity index (χ3n) is 4.02. The van der Waals surface area contributed by atoms with Gasteiger partial charge in [-0.1, -0.05) is 17.3 Å². The minimum absolute atomic E-state index is 0.0388. The van der Waals surface area contributed by atoms with Crippen LogP contribution in [0.2, 0.25) is 0 Å². The van der Waals surface area contributed by atoms with Crippen molar-refractivity contribution < 1.29 is 28.4 Å². The first-order valence-electron chi connectivity index (χ1n) is 8.89. The molecule has 10 heteroatoms. The third-order valence-corrected chi connectivity index (χ3v) is 4.02. The van der Waals surface area contributed by atoms with Gasteiger partial charge in [0.15, 0.2) is 5.69 Å². The Morgan fingerprint density at radius 2 is 1.93 bits per heavy atom. The van der Waals surface area contributed by atoms with E-state index in [-0.39, 0.29) is 12.2 Å². The Balaban J connectivity index is 1.85. The summed E-state index contributed by atoms with van der Waals surface area (Å²) in [5, 5.41) is 20.5. The summed E-state index contributed by atoms with van der Waals surface area (Å²) in [5.41, 5.74) is 1.03. The molecule has 0 bridgehead atoms. The molecule has 2 atom stereocenters. The second-order valence-electron chi connectivity index (χ2n) is 6.60. The fourth-order valence-corrected chi connectivity index (χ4v) is 2.42. The molecule has 156 valence electrons. The minimum Gasteiger partial charge on any atom is -0.391 e. The zero-order valence-electron chi connectivity index (χ0n) is 16.3. The molecule has 0 saturated heterocycles. The van der Waals surface area contributed by atoms with Gasteiger partial charge in [-0.3, -0.25) is 14.4 Å². The van der Waals surface area contributed by atoms with Gasteiger partial charge in [-0.2, -0.15) is 0 Å². The molecule has 2 aromatic rings. The van der Waals surface area contributed by atoms with E-state index in [1.807, 2.05) is 0 Å². The monoisotopic (exact) mass is 406 g/mol. The van der Waals surface area contributed by atoms with Crippen LogP contribution in [0.25, 0.3) is 0 Å². The maximum absolute atomic E-state index is 13.8. The summed E-state index contributed by atoms with van der Waals surface area (Å²) in [6, 6.07) is 4.72. The average molecular weight is 406 g/mol. The number of hydrogen-bond acceptors (Lipinski definition) is 6. The topological polar surface area (TPSA) is 134 Å². The van der Waals surface area contributed by atoms with Gasteiger partial charge in [-0.25, -0.2) is 4.39 Å². The number of aryl methyl sites for hydroxylation is 2. The van der Waals surface area contributed by atoms with Gasteiger partial charge in [-0.05, 0) is 32.4 Å². The number of hydrogen-bond donors (Lipinski definition) is 4. The highest BCUT2D eigenvalue weighted by atomic mass is 19.1. The molecular formula is C19H23FN4O5. The Bertz CT molecular complexity index is 896. The van der Waals surface area contributed by atoms with Crippen LogP contribution in [0.1, 0.15) is 34.3 Å². The van der Waals surface area contributed by atoms with E-state index in [9.17, 15) is 23.9 Å². The lowest BCUT2D eigenvalue weighted by atomic mass is 10.1. The first-order chi connectivity index (χ1) is 13.7. The van der Waals surface area contributed by atoms with Crippen molar-refractivity contribution >= 4 is 17.7 Å². The summed E-state index contributed by atoms with van der Waals surface area (Å²) in [6.07, 6.45) is -1.23. The predicted octanol–water partition coefficient (Wildman–Crippen LogP) is 0.342. The Hall–Kier alpha value is -3.27. The molecule has 9 nitrogen and oxygen atoms in total. The molecule has 1 aromatic carbocycles. The molecule has 0 fully saturated rings. The Morgan fingerprint density at radius 1 is 1.21 bits per heavy atom. The van der Waals surface area contributed by atoms with Crippen molar-refractivity contribution in [1.82, 2.24) is 21.1 Å². The quantitative estimate of drug-likeness (QED) is 0.500. The first kappa shape index (κ1) is 22.0. The highest BCUT2D eigenvalue weighted by molar-refractivity contribution is 5.97. The first-order valence-corrected chi connectivity index (χ1v) is 8.89. The van der Waals surface area contributed by atoms with E-state index in [2.05, 4.69) is 21.1 Å². The van der Waals surface area contributed by atoms with Crippen molar-refractivity contribution in [2.45, 2.75) is 39.5 Å². The van der Waals surface area contributed by atoms with Gasteiger partial charge >= 0.3 is 0 Å². The lowest BCUT2D eigenvalue weighted by Crippen LogP contribution is -2.53. The van der Waals surface area contributed by atoms with E-state index in [0.717, 1.165) is 5.56 Å². The Labute approximate surface area is 166 Å². The van der Waals surface area contributed by atoms with Crippen molar-refractivity contribution in [2.75, 3.05) is 6.54 Å². The largest absolute Gasteiger partial charge is 0.391 e. The van der Waals surface area contributed by atoms with Crippen LogP contribution in [-0.4, -0.2) is 46.7 Å². The number of nitrogens with one attached hydrogen (secondary N) is 3. The van der Waals surface area contributed by atoms with Gasteiger partial charge in [0, 0.05) is 18.2 Å². The minimum atomic E-state index is -1.30. The number of benzene rings is 1. The van der Waals surface area contributed by atoms with Gasteiger partial charge in [0.25, 0.3) is 5.91 Å². The molecule has 0 aliphatic carbocycles. The standard InChI is InChI=1S/C19H23FN4O5/c1-10-4-5-13(14(20)6-10)8-21-16(26)9-22-19(28)17(12(3)25)23-18(27)15-7-11(2)29-24-15/h4-7,12,17,25H,8-9H2,1-3H3,(H,21,26)(H,22,28)(H,23,27)/t12-,17+/m1/s1. The fourth-order valence-electron chi connectivity index (χ4n) is 2.42. The van der Waals surface area contributed by atoms with Crippen molar-refractivity contribution in [3.05, 3.63) is 52.7 Å². The van der Waals surface area contributed by atoms with Crippen LogP contribution in [0, 0.1) is 19.7 Å². The summed E-state index contributed by atoms with van der Waals surface area (Å²) in [7, 11) is 0. The number of carbonyl (C=O) groups excluding carboxylic acids is 3. The number of carbonyl (C=O) groups is 3. The number of amides is 3. The summed E-state index contributed by atoms with van der Waals surface area (Å²) in [4.78, 5) is 36.3. The smallest absolute Gasteiger partial charge is 0.274 e. The van der Waals surface area contributed by atoms with Gasteiger partial charge in [0.1, 0.15) is 17.6 Å². The lowest BCUT2D eigenvalue weighted by Gasteiger charge is -2.20. The molecule has 0 aliphatic rings. The van der Waals surface area contributed by atoms with Crippen molar-refractivity contribution in [3.8, 4) is 0 Å². The highest BCUT2D eigenvalue weighted by Crippen LogP contribution is 2.09. The highest BCUT2D eigenvalue weighted by Gasteiger charge is 2.27. The molecular weight excluding hydrogens is 383 g/mol. The van der Waals surface area contributed by atoms with Crippen LogP contribution in [0.4, 0.5) is 4.39 Å². The van der Waals surface area contributed by atoms with Crippen LogP contribution in [0.3, 0.4) is 0 Å². The van der Waals surface area contributed by atoms with E-state index in [1.54, 1.807) is 26.0 Å². The molecule has 3 amide bonds. The number of nitrogens with zero attached hydrogens (tertiary/aromatic N) is 1. The predicted molar refractivity (Wildman–Crippen MR) is 100 cm³/mol. The van der Waals surface area contributed by atoms with Gasteiger partial charge in [0.05, 0.1) is 12.6 Å². The van der Waals surface area contributed by atoms with E-state index in [1.165, 1.54) is 19.1 Å². The summed E-state index contributed by atoms with van der Waals surface area (Å²) in [6.45, 7) is 4.22. The van der Waals surface area contributed by atoms with E-state index < -0.39 is 42.2 Å². The van der Waals surface area contributed by atoms with Crippen molar-refractivity contribution in [2.24, 2.45) is 0 Å². The van der Waals surface area contributed by atoms with Gasteiger partial charge in [-0.15, -0.1) is 0 Å². The third kappa shape index (κ3) is 6.39. The van der Waals surface area contributed by atoms with Crippen molar-refractivity contribution in [3.63, 3.8) is 0 Å². The summed E-state index contributed by atoms with van der Waals surface area (Å²) < 4.78 is 18.6. The maximum Gasteiger partial charge on any atom is 0.274 e. The number of aliphatic hydroxyl groups is 1. The molecule has 29 heavy (non-hydrogen) atoms. The SMILES string of the molecule is Cc1ccc(CNC(=O)CNC(=O)[C@@H](NC(=O)c2cc(C)on2)[C@@H](C)O)c(F)c1. The second kappa shape index (κ2) is 9.78. The second-order valence-corrected chi connectivity index (χ2v) is 6.60. The molecule has 4 N–H and O–H groups in total. The van der Waals surface area contributed by atoms with Crippen LogP contribution >= 0.6 is 0 Å². The molecule has 1 aromatic heterocycles. The summed E-state index contributed by atoms with van der Waals surface area (Å²) >= 11 is 0. The number of aliphatic hydroxyl groups excluding tert-OH is 1. The van der Waals surface area contributed by atoms with Crippen molar-refractivity contribution in [1.29, 1.82) is 0 Å². The van der Waals surface area contributed by atoms with Gasteiger partial charge in [0.2, 0.25) is 11.8 Å². The van der Waals surface area contributed by atoms with E-state index in [0.29, 0.717) is 11.3 Å². The fraction of sp³-hybridized carbons (Fsp3) is 0.368. The number of aromatic nitrogens is 1. The molecule has 0 unspecified atom stereocenters. The normalized spacial score (nSPS) is 12.7. The number of rotatable bonds is 8. The zero-order valence-corrected chi connectivity index (χ0v) is 16.3. The molecule has 0 radical (unpaired) electrons. The van der Waals surface area contributed by atoms with Crippen LogP contribution in [0.15, 0.2) is 28.8 Å². The molecule has 2 rings (SSSR count). The van der Waals surface area contributed by atoms with Gasteiger partial charge < -0.3 is 25.6 Å². The molecule has 0 aliphatic heterocycles. The van der Waals surface area contributed by atoms with Crippen LogP contribution in [0.5, 0.6) is 0 Å². The van der Waals surface area contributed by atoms with E-state index >= 15 is 0 Å². The van der Waals surface area contributed by atoms with Crippen LogP contribution < -0.4 is 16.0 Å². The maximum atomic E-state index is 13.8. The lowest BCUT2D eigenvalue weighted by molar-refractivity contribution is -0.128. The number of halogens is 1. The Kier molecular flexibility index (Phi) is 7.43. The summed E-state index contributed by atoms with van der Waals surface area (Å²) in [5.74, 6) is -2.04. The molecule has 0 saturated carbocycles. The van der Waals surface area contributed by atoms with E-state index in [4.69, 9.17) is 4.52 Å². The Morgan fingerprint density at radius 3 is 2.52 bits per heavy atom. The molecule has 1 heterocycles. The molecule has 0 spiro atoms.